The molecule has 2 unspecified atom stereocenters. The lowest BCUT2D eigenvalue weighted by atomic mass is 10.0. The van der Waals surface area contributed by atoms with E-state index in [1.165, 1.54) is 0 Å². The molecular formula is C18H23NO5. The molecule has 24 heavy (non-hydrogen) atoms. The average molecular weight is 333 g/mol. The number of carboxylic acids is 1. The SMILES string of the molecule is COc1ccc(OC)c(C2CC2C(=O)N2CCCC[C@@H]2C(=O)O)c1. The van der Waals surface area contributed by atoms with E-state index in [2.05, 4.69) is 0 Å². The van der Waals surface area contributed by atoms with Crippen molar-refractivity contribution < 1.29 is 24.2 Å². The lowest BCUT2D eigenvalue weighted by Crippen LogP contribution is -2.48. The third-order valence-corrected chi connectivity index (χ3v) is 5.01. The number of methoxy groups -OCH3 is 2. The Kier molecular flexibility index (Phi) is 4.64. The highest BCUT2D eigenvalue weighted by Gasteiger charge is 2.49. The number of rotatable bonds is 5. The van der Waals surface area contributed by atoms with Crippen LogP contribution in [-0.4, -0.2) is 48.7 Å². The molecule has 3 rings (SSSR count). The van der Waals surface area contributed by atoms with Gasteiger partial charge in [0.25, 0.3) is 0 Å². The minimum atomic E-state index is -0.904. The largest absolute Gasteiger partial charge is 0.497 e. The maximum atomic E-state index is 12.8. The van der Waals surface area contributed by atoms with Crippen LogP contribution < -0.4 is 9.47 Å². The number of carboxylic acid groups (broad SMARTS) is 1. The Morgan fingerprint density at radius 2 is 2.00 bits per heavy atom. The Balaban J connectivity index is 1.77. The van der Waals surface area contributed by atoms with Crippen molar-refractivity contribution in [2.24, 2.45) is 5.92 Å². The zero-order chi connectivity index (χ0) is 17.3. The Hall–Kier alpha value is -2.24. The fraction of sp³-hybridized carbons (Fsp3) is 0.556. The van der Waals surface area contributed by atoms with E-state index in [9.17, 15) is 14.7 Å². The third kappa shape index (κ3) is 3.05. The van der Waals surface area contributed by atoms with Crippen molar-refractivity contribution in [1.82, 2.24) is 4.90 Å². The molecule has 1 aromatic carbocycles. The van der Waals surface area contributed by atoms with Crippen molar-refractivity contribution in [1.29, 1.82) is 0 Å². The molecule has 1 aromatic rings. The second-order valence-electron chi connectivity index (χ2n) is 6.44. The molecule has 6 heteroatoms. The van der Waals surface area contributed by atoms with Gasteiger partial charge in [0, 0.05) is 23.9 Å². The fourth-order valence-electron chi connectivity index (χ4n) is 3.61. The summed E-state index contributed by atoms with van der Waals surface area (Å²) in [5.41, 5.74) is 0.957. The highest BCUT2D eigenvalue weighted by molar-refractivity contribution is 5.88. The molecule has 6 nitrogen and oxygen atoms in total. The predicted octanol–water partition coefficient (Wildman–Crippen LogP) is 2.27. The summed E-state index contributed by atoms with van der Waals surface area (Å²) in [6.07, 6.45) is 3.00. The van der Waals surface area contributed by atoms with E-state index in [0.717, 1.165) is 36.3 Å². The first-order chi connectivity index (χ1) is 11.6. The van der Waals surface area contributed by atoms with Gasteiger partial charge in [0.1, 0.15) is 17.5 Å². The first-order valence-electron chi connectivity index (χ1n) is 8.32. The Morgan fingerprint density at radius 3 is 2.67 bits per heavy atom. The summed E-state index contributed by atoms with van der Waals surface area (Å²) in [5, 5.41) is 9.36. The molecule has 0 aromatic heterocycles. The maximum Gasteiger partial charge on any atom is 0.326 e. The van der Waals surface area contributed by atoms with Crippen LogP contribution in [-0.2, 0) is 9.59 Å². The summed E-state index contributed by atoms with van der Waals surface area (Å²) < 4.78 is 10.7. The summed E-state index contributed by atoms with van der Waals surface area (Å²) in [5.74, 6) is 0.427. The van der Waals surface area contributed by atoms with Crippen LogP contribution in [0.1, 0.15) is 37.2 Å². The van der Waals surface area contributed by atoms with E-state index in [0.29, 0.717) is 13.0 Å². The molecule has 1 aliphatic heterocycles. The van der Waals surface area contributed by atoms with Crippen molar-refractivity contribution in [3.8, 4) is 11.5 Å². The van der Waals surface area contributed by atoms with Crippen LogP contribution in [0.25, 0.3) is 0 Å². The van der Waals surface area contributed by atoms with Crippen LogP contribution in [0.15, 0.2) is 18.2 Å². The number of ether oxygens (including phenoxy) is 2. The van der Waals surface area contributed by atoms with Crippen molar-refractivity contribution in [2.75, 3.05) is 20.8 Å². The quantitative estimate of drug-likeness (QED) is 0.894. The smallest absolute Gasteiger partial charge is 0.326 e. The first kappa shape index (κ1) is 16.6. The van der Waals surface area contributed by atoms with Crippen LogP contribution in [0, 0.1) is 5.92 Å². The lowest BCUT2D eigenvalue weighted by Gasteiger charge is -2.33. The Morgan fingerprint density at radius 1 is 1.21 bits per heavy atom. The lowest BCUT2D eigenvalue weighted by molar-refractivity contribution is -0.152. The van der Waals surface area contributed by atoms with Crippen LogP contribution in [0.4, 0.5) is 0 Å². The number of hydrogen-bond acceptors (Lipinski definition) is 4. The van der Waals surface area contributed by atoms with E-state index in [4.69, 9.17) is 9.47 Å². The van der Waals surface area contributed by atoms with Gasteiger partial charge in [0.2, 0.25) is 5.91 Å². The second-order valence-corrected chi connectivity index (χ2v) is 6.44. The van der Waals surface area contributed by atoms with Gasteiger partial charge in [0.15, 0.2) is 0 Å². The van der Waals surface area contributed by atoms with E-state index in [-0.39, 0.29) is 17.7 Å². The number of carbonyl (C=O) groups is 2. The normalized spacial score (nSPS) is 25.9. The second kappa shape index (κ2) is 6.71. The van der Waals surface area contributed by atoms with Gasteiger partial charge in [-0.05, 0) is 43.9 Å². The number of benzene rings is 1. The average Bonchev–Trinajstić information content (AvgIpc) is 3.41. The topological polar surface area (TPSA) is 76.1 Å². The van der Waals surface area contributed by atoms with Crippen molar-refractivity contribution in [3.05, 3.63) is 23.8 Å². The summed E-state index contributed by atoms with van der Waals surface area (Å²) >= 11 is 0. The molecule has 3 atom stereocenters. The predicted molar refractivity (Wildman–Crippen MR) is 87.4 cm³/mol. The molecule has 1 aliphatic carbocycles. The van der Waals surface area contributed by atoms with Crippen LogP contribution in [0.2, 0.25) is 0 Å². The van der Waals surface area contributed by atoms with E-state index in [1.807, 2.05) is 18.2 Å². The maximum absolute atomic E-state index is 12.8. The van der Waals surface area contributed by atoms with Gasteiger partial charge >= 0.3 is 5.97 Å². The number of piperidine rings is 1. The highest BCUT2D eigenvalue weighted by atomic mass is 16.5. The van der Waals surface area contributed by atoms with Crippen molar-refractivity contribution >= 4 is 11.9 Å². The molecule has 0 spiro atoms. The first-order valence-corrected chi connectivity index (χ1v) is 8.32. The van der Waals surface area contributed by atoms with Gasteiger partial charge in [-0.1, -0.05) is 0 Å². The zero-order valence-corrected chi connectivity index (χ0v) is 14.0. The van der Waals surface area contributed by atoms with Gasteiger partial charge in [-0.25, -0.2) is 4.79 Å². The number of nitrogens with zero attached hydrogens (tertiary/aromatic N) is 1. The van der Waals surface area contributed by atoms with Crippen molar-refractivity contribution in [2.45, 2.75) is 37.6 Å². The van der Waals surface area contributed by atoms with Gasteiger partial charge < -0.3 is 19.5 Å². The number of aliphatic carboxylic acids is 1. The van der Waals surface area contributed by atoms with E-state index >= 15 is 0 Å². The Bertz CT molecular complexity index is 644. The van der Waals surface area contributed by atoms with Crippen LogP contribution >= 0.6 is 0 Å². The summed E-state index contributed by atoms with van der Waals surface area (Å²) in [6.45, 7) is 0.536. The van der Waals surface area contributed by atoms with Gasteiger partial charge in [-0.2, -0.15) is 0 Å². The monoisotopic (exact) mass is 333 g/mol. The molecule has 1 saturated heterocycles. The zero-order valence-electron chi connectivity index (χ0n) is 14.0. The van der Waals surface area contributed by atoms with Crippen molar-refractivity contribution in [3.63, 3.8) is 0 Å². The van der Waals surface area contributed by atoms with E-state index < -0.39 is 12.0 Å². The van der Waals surface area contributed by atoms with Gasteiger partial charge in [-0.3, -0.25) is 4.79 Å². The molecule has 2 aliphatic rings. The number of amides is 1. The van der Waals surface area contributed by atoms with E-state index in [1.54, 1.807) is 19.1 Å². The minimum Gasteiger partial charge on any atom is -0.497 e. The summed E-state index contributed by atoms with van der Waals surface area (Å²) in [6, 6.07) is 4.89. The number of likely N-dealkylation sites (tertiary alicyclic amines) is 1. The Labute approximate surface area is 141 Å². The highest BCUT2D eigenvalue weighted by Crippen LogP contribution is 2.52. The molecule has 130 valence electrons. The number of carbonyl (C=O) groups excluding carboxylic acids is 1. The van der Waals surface area contributed by atoms with Crippen LogP contribution in [0.5, 0.6) is 11.5 Å². The van der Waals surface area contributed by atoms with Crippen LogP contribution in [0.3, 0.4) is 0 Å². The molecule has 1 amide bonds. The summed E-state index contributed by atoms with van der Waals surface area (Å²) in [4.78, 5) is 25.8. The molecule has 0 bridgehead atoms. The molecule has 1 saturated carbocycles. The standard InChI is InChI=1S/C18H23NO5/c1-23-11-6-7-16(24-2)13(9-11)12-10-14(12)17(20)19-8-4-3-5-15(19)18(21)22/h6-7,9,12,14-15H,3-5,8,10H2,1-2H3,(H,21,22)/t12?,14?,15-/m1/s1. The minimum absolute atomic E-state index is 0.0445. The molecule has 0 radical (unpaired) electrons. The number of hydrogen-bond donors (Lipinski definition) is 1. The third-order valence-electron chi connectivity index (χ3n) is 5.01. The molecule has 1 heterocycles. The molecule has 1 N–H and O–H groups in total. The fourth-order valence-corrected chi connectivity index (χ4v) is 3.61. The summed E-state index contributed by atoms with van der Waals surface area (Å²) in [7, 11) is 3.21. The van der Waals surface area contributed by atoms with Gasteiger partial charge in [0.05, 0.1) is 14.2 Å². The molecular weight excluding hydrogens is 310 g/mol. The molecule has 2 fully saturated rings. The van der Waals surface area contributed by atoms with Gasteiger partial charge in [-0.15, -0.1) is 0 Å².